The highest BCUT2D eigenvalue weighted by atomic mass is 32.2. The van der Waals surface area contributed by atoms with Crippen LogP contribution in [0.3, 0.4) is 0 Å². The van der Waals surface area contributed by atoms with Crippen molar-refractivity contribution in [2.24, 2.45) is 0 Å². The van der Waals surface area contributed by atoms with Gasteiger partial charge in [0.25, 0.3) is 0 Å². The number of hydrogen-bond donors (Lipinski definition) is 2. The number of carbonyl (C=O) groups is 1. The van der Waals surface area contributed by atoms with Gasteiger partial charge in [-0.15, -0.1) is 0 Å². The lowest BCUT2D eigenvalue weighted by Gasteiger charge is -2.41. The summed E-state index contributed by atoms with van der Waals surface area (Å²) in [6.07, 6.45) is 7.64. The predicted molar refractivity (Wildman–Crippen MR) is 102 cm³/mol. The lowest BCUT2D eigenvalue weighted by Crippen LogP contribution is -2.45. The normalized spacial score (nSPS) is 24.2. The first-order valence-corrected chi connectivity index (χ1v) is 10.8. The maximum Gasteiger partial charge on any atom is 0.235 e. The topological polar surface area (TPSA) is 81.3 Å². The van der Waals surface area contributed by atoms with Crippen molar-refractivity contribution in [3.05, 3.63) is 28.8 Å². The summed E-state index contributed by atoms with van der Waals surface area (Å²) >= 11 is -2.32. The second-order valence-electron chi connectivity index (χ2n) is 8.51. The zero-order valence-electron chi connectivity index (χ0n) is 15.5. The minimum atomic E-state index is -2.32. The zero-order chi connectivity index (χ0) is 18.5. The number of fused-ring (bicyclic) bond motifs is 2. The molecule has 0 bridgehead atoms. The second kappa shape index (κ2) is 6.43. The monoisotopic (exact) mass is 375 g/mol. The number of carbonyl (C=O) groups excluding carboxylic acids is 1. The molecule has 1 aromatic carbocycles. The molecule has 1 aliphatic heterocycles. The summed E-state index contributed by atoms with van der Waals surface area (Å²) in [6.45, 7) is 4.26. The van der Waals surface area contributed by atoms with E-state index in [1.54, 1.807) is 0 Å². The Bertz CT molecular complexity index is 765. The quantitative estimate of drug-likeness (QED) is 0.787. The number of anilines is 1. The molecule has 1 amide bonds. The molecule has 1 atom stereocenters. The molecule has 0 radical (unpaired) electrons. The first kappa shape index (κ1) is 18.1. The van der Waals surface area contributed by atoms with E-state index in [2.05, 4.69) is 36.0 Å². The average Bonchev–Trinajstić information content (AvgIpc) is 2.85. The van der Waals surface area contributed by atoms with Gasteiger partial charge in [-0.1, -0.05) is 51.7 Å². The van der Waals surface area contributed by atoms with Crippen LogP contribution in [0.4, 0.5) is 5.69 Å². The molecular weight excluding hydrogens is 348 g/mol. The van der Waals surface area contributed by atoms with E-state index in [4.69, 9.17) is 0 Å². The lowest BCUT2D eigenvalue weighted by molar-refractivity contribution is -0.123. The molecule has 5 nitrogen and oxygen atoms in total. The highest BCUT2D eigenvalue weighted by Gasteiger charge is 2.52. The van der Waals surface area contributed by atoms with E-state index in [0.717, 1.165) is 73.7 Å². The highest BCUT2D eigenvalue weighted by Crippen LogP contribution is 2.54. The fourth-order valence-electron chi connectivity index (χ4n) is 5.06. The van der Waals surface area contributed by atoms with Crippen molar-refractivity contribution < 1.29 is 13.6 Å². The molecule has 2 aliphatic carbocycles. The van der Waals surface area contributed by atoms with Gasteiger partial charge in [-0.05, 0) is 48.3 Å². The average molecular weight is 376 g/mol. The van der Waals surface area contributed by atoms with Crippen molar-refractivity contribution in [1.29, 1.82) is 0 Å². The van der Waals surface area contributed by atoms with Gasteiger partial charge in [-0.2, -0.15) is 0 Å². The molecule has 1 unspecified atom stereocenters. The molecule has 1 aromatic rings. The van der Waals surface area contributed by atoms with Crippen LogP contribution in [-0.4, -0.2) is 14.7 Å². The minimum absolute atomic E-state index is 0.121. The van der Waals surface area contributed by atoms with Gasteiger partial charge in [0.2, 0.25) is 5.91 Å². The number of hydrogen-bond acceptors (Lipinski definition) is 3. The van der Waals surface area contributed by atoms with Crippen LogP contribution < -0.4 is 10.0 Å². The first-order chi connectivity index (χ1) is 12.4. The fraction of sp³-hybridized carbons (Fsp3) is 0.650. The Labute approximate surface area is 157 Å². The van der Waals surface area contributed by atoms with Crippen LogP contribution in [0.25, 0.3) is 0 Å². The molecule has 0 saturated heterocycles. The van der Waals surface area contributed by atoms with Crippen LogP contribution in [0.5, 0.6) is 0 Å². The molecule has 1 spiro atoms. The van der Waals surface area contributed by atoms with Gasteiger partial charge >= 0.3 is 0 Å². The van der Waals surface area contributed by atoms with E-state index < -0.39 is 16.8 Å². The summed E-state index contributed by atoms with van der Waals surface area (Å²) in [6, 6.07) is 4.26. The summed E-state index contributed by atoms with van der Waals surface area (Å²) in [5, 5.41) is 3.14. The number of amides is 1. The molecule has 4 rings (SSSR count). The Kier molecular flexibility index (Phi) is 4.48. The maximum absolute atomic E-state index is 12.7. The van der Waals surface area contributed by atoms with Crippen LogP contribution in [0.1, 0.15) is 87.8 Å². The molecule has 1 heterocycles. The van der Waals surface area contributed by atoms with E-state index in [9.17, 15) is 13.6 Å². The first-order valence-electron chi connectivity index (χ1n) is 9.75. The smallest absolute Gasteiger partial charge is 0.235 e. The van der Waals surface area contributed by atoms with Crippen molar-refractivity contribution in [2.75, 3.05) is 5.32 Å². The van der Waals surface area contributed by atoms with E-state index in [1.807, 2.05) is 0 Å². The van der Waals surface area contributed by atoms with Crippen molar-refractivity contribution in [2.45, 2.75) is 82.1 Å². The summed E-state index contributed by atoms with van der Waals surface area (Å²) in [5.74, 6) is 0.383. The zero-order valence-corrected chi connectivity index (χ0v) is 16.3. The molecular formula is C20H27N2O3S-. The Morgan fingerprint density at radius 3 is 2.35 bits per heavy atom. The van der Waals surface area contributed by atoms with Crippen molar-refractivity contribution in [1.82, 2.24) is 4.72 Å². The molecule has 2 fully saturated rings. The molecule has 3 aliphatic rings. The third-order valence-electron chi connectivity index (χ3n) is 6.73. The highest BCUT2D eigenvalue weighted by molar-refractivity contribution is 7.77. The summed E-state index contributed by atoms with van der Waals surface area (Å²) in [4.78, 5) is 12.7. The van der Waals surface area contributed by atoms with E-state index >= 15 is 0 Å². The standard InChI is InChI=1S/C20H28N2O3S/c1-13(2)15-11-14(20(22-26(24)25)9-4-3-5-10-20)12-16-17(15)21-18(23)19(16)7-6-8-19/h11-13,22H,3-10H2,1-2H3,(H,21,23)(H,24,25)/p-1. The third kappa shape index (κ3) is 2.65. The second-order valence-corrected chi connectivity index (χ2v) is 9.19. The Balaban J connectivity index is 1.88. The van der Waals surface area contributed by atoms with E-state index in [1.165, 1.54) is 0 Å². The van der Waals surface area contributed by atoms with Crippen LogP contribution in [0, 0.1) is 0 Å². The Morgan fingerprint density at radius 2 is 1.81 bits per heavy atom. The molecule has 26 heavy (non-hydrogen) atoms. The fourth-order valence-corrected chi connectivity index (χ4v) is 5.70. The van der Waals surface area contributed by atoms with Crippen molar-refractivity contribution >= 4 is 22.9 Å². The van der Waals surface area contributed by atoms with Gasteiger partial charge in [0.15, 0.2) is 0 Å². The number of benzene rings is 1. The Hall–Kier alpha value is -1.24. The Morgan fingerprint density at radius 1 is 1.12 bits per heavy atom. The van der Waals surface area contributed by atoms with Crippen LogP contribution in [-0.2, 0) is 27.0 Å². The third-order valence-corrected chi connectivity index (χ3v) is 7.28. The maximum atomic E-state index is 12.7. The van der Waals surface area contributed by atoms with Gasteiger partial charge in [0, 0.05) is 17.0 Å². The van der Waals surface area contributed by atoms with Crippen LogP contribution in [0.15, 0.2) is 12.1 Å². The van der Waals surface area contributed by atoms with Gasteiger partial charge < -0.3 is 9.87 Å². The van der Waals surface area contributed by atoms with Gasteiger partial charge in [-0.25, -0.2) is 4.72 Å². The number of rotatable bonds is 4. The van der Waals surface area contributed by atoms with E-state index in [-0.39, 0.29) is 17.2 Å². The molecule has 2 saturated carbocycles. The SMILES string of the molecule is CC(C)c1cc(C2(NS(=O)[O-])CCCCC2)cc2c1NC(=O)C21CCC1. The summed E-state index contributed by atoms with van der Waals surface area (Å²) < 4.78 is 26.0. The molecule has 142 valence electrons. The largest absolute Gasteiger partial charge is 0.760 e. The van der Waals surface area contributed by atoms with Crippen LogP contribution >= 0.6 is 0 Å². The van der Waals surface area contributed by atoms with Crippen molar-refractivity contribution in [3.63, 3.8) is 0 Å². The minimum Gasteiger partial charge on any atom is -0.760 e. The van der Waals surface area contributed by atoms with Crippen molar-refractivity contribution in [3.8, 4) is 0 Å². The predicted octanol–water partition coefficient (Wildman–Crippen LogP) is 3.73. The molecule has 2 N–H and O–H groups in total. The van der Waals surface area contributed by atoms with Gasteiger partial charge in [0.1, 0.15) is 0 Å². The van der Waals surface area contributed by atoms with Gasteiger partial charge in [0.05, 0.1) is 11.0 Å². The van der Waals surface area contributed by atoms with Crippen LogP contribution in [0.2, 0.25) is 0 Å². The number of nitrogens with one attached hydrogen (secondary N) is 2. The molecule has 6 heteroatoms. The summed E-state index contributed by atoms with van der Waals surface area (Å²) in [5.41, 5.74) is 3.30. The molecule has 0 aromatic heterocycles. The lowest BCUT2D eigenvalue weighted by atomic mass is 9.64. The van der Waals surface area contributed by atoms with E-state index in [0.29, 0.717) is 0 Å². The van der Waals surface area contributed by atoms with Gasteiger partial charge in [-0.3, -0.25) is 9.00 Å². The summed E-state index contributed by atoms with van der Waals surface area (Å²) in [7, 11) is 0.